The third-order valence-corrected chi connectivity index (χ3v) is 4.84. The zero-order valence-electron chi connectivity index (χ0n) is 13.5. The Bertz CT molecular complexity index is 939. The number of nitrogens with zero attached hydrogens (tertiary/aromatic N) is 1. The number of thiazole rings is 1. The maximum Gasteiger partial charge on any atom is 0.224 e. The maximum absolute atomic E-state index is 12.2. The van der Waals surface area contributed by atoms with Crippen molar-refractivity contribution in [3.8, 4) is 0 Å². The molecule has 1 aromatic heterocycles. The fourth-order valence-electron chi connectivity index (χ4n) is 2.37. The summed E-state index contributed by atoms with van der Waals surface area (Å²) in [6, 6.07) is 13.1. The number of hydrogen-bond acceptors (Lipinski definition) is 4. The highest BCUT2D eigenvalue weighted by atomic mass is 35.5. The number of hydrogen-bond donors (Lipinski definition) is 2. The van der Waals surface area contributed by atoms with E-state index in [1.165, 1.54) is 18.3 Å². The second-order valence-corrected chi connectivity index (χ2v) is 6.99. The lowest BCUT2D eigenvalue weighted by molar-refractivity contribution is -0.120. The molecule has 3 aromatic rings. The molecule has 0 aliphatic carbocycles. The Morgan fingerprint density at radius 3 is 2.76 bits per heavy atom. The highest BCUT2D eigenvalue weighted by Gasteiger charge is 2.09. The van der Waals surface area contributed by atoms with Crippen LogP contribution in [-0.4, -0.2) is 16.8 Å². The van der Waals surface area contributed by atoms with Crippen LogP contribution in [0.3, 0.4) is 0 Å². The quantitative estimate of drug-likeness (QED) is 0.715. The molecule has 2 aromatic carbocycles. The second kappa shape index (κ2) is 7.63. The summed E-state index contributed by atoms with van der Waals surface area (Å²) in [4.78, 5) is 27.6. The highest BCUT2D eigenvalue weighted by molar-refractivity contribution is 7.22. The van der Waals surface area contributed by atoms with E-state index in [0.29, 0.717) is 16.7 Å². The summed E-state index contributed by atoms with van der Waals surface area (Å²) in [7, 11) is 0. The molecule has 0 atom stereocenters. The SMILES string of the molecule is CC(=O)Nc1nc2ccc(CC(=O)NCc3ccccc3Cl)cc2s1. The summed E-state index contributed by atoms with van der Waals surface area (Å²) in [6.45, 7) is 1.84. The summed E-state index contributed by atoms with van der Waals surface area (Å²) in [5.41, 5.74) is 2.58. The van der Waals surface area contributed by atoms with E-state index in [-0.39, 0.29) is 18.2 Å². The first-order chi connectivity index (χ1) is 12.0. The van der Waals surface area contributed by atoms with E-state index in [9.17, 15) is 9.59 Å². The first-order valence-corrected chi connectivity index (χ1v) is 8.88. The Morgan fingerprint density at radius 1 is 1.20 bits per heavy atom. The molecule has 0 spiro atoms. The van der Waals surface area contributed by atoms with Gasteiger partial charge in [0.15, 0.2) is 5.13 Å². The molecule has 0 saturated carbocycles. The van der Waals surface area contributed by atoms with E-state index in [1.54, 1.807) is 6.07 Å². The Hall–Kier alpha value is -2.44. The van der Waals surface area contributed by atoms with Crippen LogP contribution in [-0.2, 0) is 22.6 Å². The van der Waals surface area contributed by atoms with Crippen LogP contribution in [0, 0.1) is 0 Å². The lowest BCUT2D eigenvalue weighted by Crippen LogP contribution is -2.24. The number of anilines is 1. The molecule has 2 N–H and O–H groups in total. The molecule has 7 heteroatoms. The number of rotatable bonds is 5. The molecule has 5 nitrogen and oxygen atoms in total. The van der Waals surface area contributed by atoms with Gasteiger partial charge in [-0.05, 0) is 29.3 Å². The van der Waals surface area contributed by atoms with Crippen molar-refractivity contribution in [3.63, 3.8) is 0 Å². The predicted octanol–water partition coefficient (Wildman–Crippen LogP) is 3.77. The Balaban J connectivity index is 1.64. The number of amides is 2. The monoisotopic (exact) mass is 373 g/mol. The molecule has 0 aliphatic rings. The number of halogens is 1. The van der Waals surface area contributed by atoms with Crippen LogP contribution in [0.25, 0.3) is 10.2 Å². The average molecular weight is 374 g/mol. The first kappa shape index (κ1) is 17.4. The van der Waals surface area contributed by atoms with Crippen LogP contribution in [0.5, 0.6) is 0 Å². The zero-order chi connectivity index (χ0) is 17.8. The summed E-state index contributed by atoms with van der Waals surface area (Å²) < 4.78 is 0.931. The third kappa shape index (κ3) is 4.55. The van der Waals surface area contributed by atoms with Crippen molar-refractivity contribution in [1.29, 1.82) is 0 Å². The number of benzene rings is 2. The normalized spacial score (nSPS) is 10.6. The van der Waals surface area contributed by atoms with Crippen molar-refractivity contribution in [2.45, 2.75) is 19.9 Å². The zero-order valence-corrected chi connectivity index (χ0v) is 15.1. The summed E-state index contributed by atoms with van der Waals surface area (Å²) >= 11 is 7.47. The smallest absolute Gasteiger partial charge is 0.224 e. The van der Waals surface area contributed by atoms with Crippen molar-refractivity contribution in [3.05, 3.63) is 58.6 Å². The van der Waals surface area contributed by atoms with Crippen molar-refractivity contribution in [2.75, 3.05) is 5.32 Å². The molecule has 0 saturated heterocycles. The fraction of sp³-hybridized carbons (Fsp3) is 0.167. The molecule has 0 radical (unpaired) electrons. The predicted molar refractivity (Wildman–Crippen MR) is 101 cm³/mol. The highest BCUT2D eigenvalue weighted by Crippen LogP contribution is 2.27. The van der Waals surface area contributed by atoms with E-state index < -0.39 is 0 Å². The third-order valence-electron chi connectivity index (χ3n) is 3.53. The van der Waals surface area contributed by atoms with Gasteiger partial charge in [-0.3, -0.25) is 9.59 Å². The van der Waals surface area contributed by atoms with E-state index in [1.807, 2.05) is 36.4 Å². The van der Waals surface area contributed by atoms with Gasteiger partial charge in [-0.2, -0.15) is 0 Å². The number of nitrogens with one attached hydrogen (secondary N) is 2. The molecule has 0 aliphatic heterocycles. The van der Waals surface area contributed by atoms with Gasteiger partial charge in [0, 0.05) is 18.5 Å². The van der Waals surface area contributed by atoms with Gasteiger partial charge >= 0.3 is 0 Å². The molecular formula is C18H16ClN3O2S. The van der Waals surface area contributed by atoms with Gasteiger partial charge in [-0.1, -0.05) is 47.2 Å². The molecule has 0 unspecified atom stereocenters. The van der Waals surface area contributed by atoms with Gasteiger partial charge in [0.25, 0.3) is 0 Å². The van der Waals surface area contributed by atoms with Crippen LogP contribution in [0.15, 0.2) is 42.5 Å². The average Bonchev–Trinajstić information content (AvgIpc) is 2.94. The van der Waals surface area contributed by atoms with Crippen molar-refractivity contribution >= 4 is 50.1 Å². The van der Waals surface area contributed by atoms with Crippen molar-refractivity contribution in [1.82, 2.24) is 10.3 Å². The van der Waals surface area contributed by atoms with Gasteiger partial charge in [0.05, 0.1) is 16.6 Å². The standard InChI is InChI=1S/C18H16ClN3O2S/c1-11(23)21-18-22-15-7-6-12(8-16(15)25-18)9-17(24)20-10-13-4-2-3-5-14(13)19/h2-8H,9-10H2,1H3,(H,20,24)(H,21,22,23). The van der Waals surface area contributed by atoms with Crippen LogP contribution >= 0.6 is 22.9 Å². The molecule has 2 amide bonds. The second-order valence-electron chi connectivity index (χ2n) is 5.55. The number of carbonyl (C=O) groups excluding carboxylic acids is 2. The van der Waals surface area contributed by atoms with Gasteiger partial charge in [-0.15, -0.1) is 0 Å². The molecule has 3 rings (SSSR count). The van der Waals surface area contributed by atoms with Gasteiger partial charge in [0.1, 0.15) is 0 Å². The topological polar surface area (TPSA) is 71.1 Å². The number of fused-ring (bicyclic) bond motifs is 1. The van der Waals surface area contributed by atoms with Crippen LogP contribution in [0.4, 0.5) is 5.13 Å². The van der Waals surface area contributed by atoms with Gasteiger partial charge < -0.3 is 10.6 Å². The van der Waals surface area contributed by atoms with Crippen molar-refractivity contribution in [2.24, 2.45) is 0 Å². The largest absolute Gasteiger partial charge is 0.352 e. The summed E-state index contributed by atoms with van der Waals surface area (Å²) in [5, 5.41) is 6.75. The number of carbonyl (C=O) groups is 2. The number of aromatic nitrogens is 1. The van der Waals surface area contributed by atoms with Crippen LogP contribution in [0.1, 0.15) is 18.1 Å². The molecule has 0 fully saturated rings. The Morgan fingerprint density at radius 2 is 2.00 bits per heavy atom. The van der Waals surface area contributed by atoms with E-state index in [4.69, 9.17) is 11.6 Å². The minimum atomic E-state index is -0.154. The molecule has 1 heterocycles. The Kier molecular flexibility index (Phi) is 5.31. The van der Waals surface area contributed by atoms with E-state index in [0.717, 1.165) is 21.3 Å². The summed E-state index contributed by atoms with van der Waals surface area (Å²) in [6.07, 6.45) is 0.272. The maximum atomic E-state index is 12.2. The van der Waals surface area contributed by atoms with Crippen LogP contribution < -0.4 is 10.6 Å². The van der Waals surface area contributed by atoms with Crippen LogP contribution in [0.2, 0.25) is 5.02 Å². The summed E-state index contributed by atoms with van der Waals surface area (Å²) in [5.74, 6) is -0.232. The fourth-order valence-corrected chi connectivity index (χ4v) is 3.54. The lowest BCUT2D eigenvalue weighted by Gasteiger charge is -2.07. The molecule has 128 valence electrons. The minimum absolute atomic E-state index is 0.0779. The Labute approximate surface area is 154 Å². The van der Waals surface area contributed by atoms with E-state index in [2.05, 4.69) is 15.6 Å². The lowest BCUT2D eigenvalue weighted by atomic mass is 10.1. The van der Waals surface area contributed by atoms with E-state index >= 15 is 0 Å². The van der Waals surface area contributed by atoms with Gasteiger partial charge in [0.2, 0.25) is 11.8 Å². The van der Waals surface area contributed by atoms with Crippen molar-refractivity contribution < 1.29 is 9.59 Å². The molecular weight excluding hydrogens is 358 g/mol. The minimum Gasteiger partial charge on any atom is -0.352 e. The molecule has 25 heavy (non-hydrogen) atoms. The van der Waals surface area contributed by atoms with Gasteiger partial charge in [-0.25, -0.2) is 4.98 Å². The first-order valence-electron chi connectivity index (χ1n) is 7.68. The molecule has 0 bridgehead atoms.